The minimum Gasteiger partial charge on any atom is -0.309 e. The van der Waals surface area contributed by atoms with E-state index in [2.05, 4.69) is 108 Å². The van der Waals surface area contributed by atoms with Gasteiger partial charge in [0.25, 0.3) is 0 Å². The van der Waals surface area contributed by atoms with Crippen LogP contribution < -0.4 is 0 Å². The predicted molar refractivity (Wildman–Crippen MR) is 440 cm³/mol. The maximum Gasteiger partial charge on any atom is 0.224 e. The monoisotopic (exact) mass is 1510 g/mol. The van der Waals surface area contributed by atoms with Crippen LogP contribution in [0, 0.1) is 119 Å². The lowest BCUT2D eigenvalue weighted by molar-refractivity contribution is 0.629. The second-order valence-electron chi connectivity index (χ2n) is 27.5. The van der Waals surface area contributed by atoms with Crippen LogP contribution in [0.3, 0.4) is 0 Å². The van der Waals surface area contributed by atoms with Crippen LogP contribution >= 0.6 is 11.3 Å². The van der Waals surface area contributed by atoms with Crippen molar-refractivity contribution in [3.8, 4) is 108 Å². The quantitative estimate of drug-likeness (QED) is 0.115. The summed E-state index contributed by atoms with van der Waals surface area (Å²) < 4.78 is 78.1. The Balaban J connectivity index is 0.000000130. The smallest absolute Gasteiger partial charge is 0.224 e. The zero-order valence-electron chi connectivity index (χ0n) is 60.3. The van der Waals surface area contributed by atoms with Crippen LogP contribution in [0.5, 0.6) is 0 Å². The van der Waals surface area contributed by atoms with Gasteiger partial charge < -0.3 is 9.13 Å². The van der Waals surface area contributed by atoms with E-state index in [0.717, 1.165) is 91.8 Å². The number of benzene rings is 14. The lowest BCUT2D eigenvalue weighted by atomic mass is 9.82. The fourth-order valence-corrected chi connectivity index (χ4v) is 16.5. The highest BCUT2D eigenvalue weighted by atomic mass is 32.1. The van der Waals surface area contributed by atoms with E-state index >= 15 is 0 Å². The van der Waals surface area contributed by atoms with Gasteiger partial charge in [0.05, 0.1) is 82.7 Å². The van der Waals surface area contributed by atoms with Crippen LogP contribution in [-0.2, 0) is 5.41 Å². The third-order valence-corrected chi connectivity index (χ3v) is 22.0. The second-order valence-corrected chi connectivity index (χ2v) is 28.6. The number of fused-ring (bicyclic) bond motifs is 12. The summed E-state index contributed by atoms with van der Waals surface area (Å²) in [5.41, 5.74) is 15.7. The van der Waals surface area contributed by atoms with Gasteiger partial charge in [-0.3, -0.25) is 0 Å². The standard InChI is InChI=1S/C35H22FN3.C34H15F2N5.C28H10F2N4S/c1-35(2)29-12-8-7-11-25(29)26-18-28-27-16-21(22-15-23(20-37)34(36)31(17-22)38-3)13-14-32(27)39(33(28)19-30(26)35)24-9-5-4-6-10-24;1-39-29-16-22(12-24(18-37)33(29)35)20-8-10-31-27(14-20)28-15-21(23-13-25(19-38)34(36)30(17-23)40-2)9-11-32(28)41(31)26-6-4-3-5-7-26;1-33-23-9-17(7-19(13-31)27(23)29)15-3-5-21-22-6-4-16(12-26(22)35-25(21)11-15)18-8-20(14-32)28(30)24(10-18)34-2/h4-19H,1-2H3;3-17H;3-12H. The Kier molecular flexibility index (Phi) is 18.4. The van der Waals surface area contributed by atoms with Gasteiger partial charge in [-0.05, 0) is 223 Å². The largest absolute Gasteiger partial charge is 0.309 e. The van der Waals surface area contributed by atoms with E-state index in [1.807, 2.05) is 146 Å². The van der Waals surface area contributed by atoms with Gasteiger partial charge in [-0.1, -0.05) is 117 Å². The summed E-state index contributed by atoms with van der Waals surface area (Å²) in [7, 11) is 0. The van der Waals surface area contributed by atoms with Gasteiger partial charge in [0.15, 0.2) is 0 Å². The van der Waals surface area contributed by atoms with Crippen molar-refractivity contribution in [1.82, 2.24) is 9.13 Å². The average molecular weight is 1510 g/mol. The first-order valence-electron chi connectivity index (χ1n) is 35.3. The molecular weight excluding hydrogens is 1460 g/mol. The molecule has 0 bridgehead atoms. The maximum atomic E-state index is 14.5. The molecule has 14 aromatic carbocycles. The van der Waals surface area contributed by atoms with Crippen molar-refractivity contribution in [1.29, 1.82) is 26.3 Å². The van der Waals surface area contributed by atoms with E-state index in [4.69, 9.17) is 32.9 Å². The highest BCUT2D eigenvalue weighted by molar-refractivity contribution is 7.25. The molecule has 1 aliphatic rings. The number of halogens is 5. The Morgan fingerprint density at radius 3 is 0.913 bits per heavy atom. The first-order valence-corrected chi connectivity index (χ1v) is 36.1. The van der Waals surface area contributed by atoms with Gasteiger partial charge in [0, 0.05) is 58.5 Å². The number of thiophene rings is 1. The molecule has 0 saturated carbocycles. The normalized spacial score (nSPS) is 11.4. The molecule has 12 nitrogen and oxygen atoms in total. The van der Waals surface area contributed by atoms with Crippen LogP contribution in [0.1, 0.15) is 52.8 Å². The molecule has 0 radical (unpaired) electrons. The summed E-state index contributed by atoms with van der Waals surface area (Å²) >= 11 is 1.53. The highest BCUT2D eigenvalue weighted by Crippen LogP contribution is 2.52. The number of nitrogens with zero attached hydrogens (tertiary/aromatic N) is 12. The SMILES string of the molecule is [C-]#[N+]c1cc(-c2ccc3c(c2)c2cc(-c4cc(C#N)c(F)c([N+]#[C-])c4)ccc2n3-c2ccccc2)cc(C#N)c1F.[C-]#[N+]c1cc(-c2ccc3c(c2)c2cc4c(cc2n3-c2ccccc2)C(C)(C)c2ccccc2-4)cc(C#N)c1F.[C-]#[N+]c1cc(-c2ccc3c(c2)sc2cc(-c4cc(C#N)c(F)c([N+]#[C-])c4)ccc23)cc(C#N)c1F. The Labute approximate surface area is 658 Å². The topological polar surface area (TPSA) is 151 Å². The van der Waals surface area contributed by atoms with Crippen LogP contribution in [0.2, 0.25) is 0 Å². The predicted octanol–water partition coefficient (Wildman–Crippen LogP) is 27.1. The van der Waals surface area contributed by atoms with E-state index in [9.17, 15) is 48.3 Å². The maximum absolute atomic E-state index is 14.5. The average Bonchev–Trinajstić information content (AvgIpc) is 1.55. The minimum atomic E-state index is -0.840. The Hall–Kier alpha value is -16.6. The van der Waals surface area contributed by atoms with E-state index in [0.29, 0.717) is 38.9 Å². The van der Waals surface area contributed by atoms with Crippen LogP contribution in [-0.4, -0.2) is 9.13 Å². The van der Waals surface area contributed by atoms with Crippen molar-refractivity contribution in [3.05, 3.63) is 374 Å². The van der Waals surface area contributed by atoms with Gasteiger partial charge in [-0.15, -0.1) is 11.3 Å². The van der Waals surface area contributed by atoms with Crippen LogP contribution in [0.4, 0.5) is 50.4 Å². The van der Waals surface area contributed by atoms with Crippen LogP contribution in [0.15, 0.2) is 249 Å². The molecule has 1 aliphatic carbocycles. The van der Waals surface area contributed by atoms with Crippen molar-refractivity contribution < 1.29 is 22.0 Å². The fraction of sp³-hybridized carbons (Fsp3) is 0.0309. The number of para-hydroxylation sites is 2. The molecule has 18 rings (SSSR count). The molecule has 0 N–H and O–H groups in total. The van der Waals surface area contributed by atoms with Crippen molar-refractivity contribution >= 4 is 104 Å². The number of rotatable bonds is 7. The molecule has 3 aromatic heterocycles. The van der Waals surface area contributed by atoms with Gasteiger partial charge in [0.1, 0.15) is 59.4 Å². The molecule has 0 unspecified atom stereocenters. The Bertz CT molecular complexity index is 7140. The number of hydrogen-bond acceptors (Lipinski definition) is 6. The molecule has 0 aliphatic heterocycles. The minimum absolute atomic E-state index is 0.123. The number of aromatic nitrogens is 2. The summed E-state index contributed by atoms with van der Waals surface area (Å²) in [5.74, 6) is -4.08. The van der Waals surface area contributed by atoms with E-state index < -0.39 is 29.1 Å². The molecule has 0 saturated heterocycles. The van der Waals surface area contributed by atoms with Crippen LogP contribution in [0.25, 0.3) is 166 Å². The van der Waals surface area contributed by atoms with Gasteiger partial charge in [-0.25, -0.2) is 46.2 Å². The zero-order valence-corrected chi connectivity index (χ0v) is 61.2. The summed E-state index contributed by atoms with van der Waals surface area (Å²) in [6.07, 6.45) is 0. The molecule has 0 spiro atoms. The third-order valence-electron chi connectivity index (χ3n) is 20.9. The molecule has 3 heterocycles. The molecular formula is C97H47F5N12S. The second kappa shape index (κ2) is 29.1. The van der Waals surface area contributed by atoms with E-state index in [1.54, 1.807) is 12.1 Å². The molecule has 0 atom stereocenters. The summed E-state index contributed by atoms with van der Waals surface area (Å²) in [6.45, 7) is 41.0. The first-order chi connectivity index (χ1) is 55.8. The molecule has 0 fully saturated rings. The molecule has 0 amide bonds. The first kappa shape index (κ1) is 72.6. The Morgan fingerprint density at radius 1 is 0.287 bits per heavy atom. The lowest BCUT2D eigenvalue weighted by Crippen LogP contribution is -2.14. The van der Waals surface area contributed by atoms with E-state index in [-0.39, 0.29) is 61.7 Å². The van der Waals surface area contributed by atoms with Crippen molar-refractivity contribution in [2.45, 2.75) is 19.3 Å². The van der Waals surface area contributed by atoms with Gasteiger partial charge >= 0.3 is 0 Å². The molecule has 115 heavy (non-hydrogen) atoms. The van der Waals surface area contributed by atoms with Crippen molar-refractivity contribution in [3.63, 3.8) is 0 Å². The molecule has 536 valence electrons. The summed E-state index contributed by atoms with van der Waals surface area (Å²) in [4.78, 5) is 16.2. The van der Waals surface area contributed by atoms with E-state index in [1.165, 1.54) is 94.3 Å². The Morgan fingerprint density at radius 2 is 0.583 bits per heavy atom. The number of hydrogen-bond donors (Lipinski definition) is 0. The van der Waals surface area contributed by atoms with Crippen molar-refractivity contribution in [2.24, 2.45) is 0 Å². The molecule has 17 aromatic rings. The summed E-state index contributed by atoms with van der Waals surface area (Å²) in [6, 6.07) is 86.2. The van der Waals surface area contributed by atoms with Gasteiger partial charge in [-0.2, -0.15) is 26.3 Å². The van der Waals surface area contributed by atoms with Crippen molar-refractivity contribution in [2.75, 3.05) is 0 Å². The highest BCUT2D eigenvalue weighted by Gasteiger charge is 2.36. The fourth-order valence-electron chi connectivity index (χ4n) is 15.3. The zero-order chi connectivity index (χ0) is 80.3. The van der Waals surface area contributed by atoms with Gasteiger partial charge in [0.2, 0.25) is 28.4 Å². The third kappa shape index (κ3) is 12.4. The summed E-state index contributed by atoms with van der Waals surface area (Å²) in [5, 5.41) is 52.7. The lowest BCUT2D eigenvalue weighted by Gasteiger charge is -2.21. The number of nitriles is 5. The molecule has 18 heteroatoms.